The summed E-state index contributed by atoms with van der Waals surface area (Å²) in [4.78, 5) is 35.8. The summed E-state index contributed by atoms with van der Waals surface area (Å²) in [6.45, 7) is 4.74. The largest absolute Gasteiger partial charge is 0.481 e. The summed E-state index contributed by atoms with van der Waals surface area (Å²) in [7, 11) is 0. The average molecular weight is 300 g/mol. The van der Waals surface area contributed by atoms with Gasteiger partial charge in [0.1, 0.15) is 6.04 Å². The third-order valence-corrected chi connectivity index (χ3v) is 3.55. The Balaban J connectivity index is 2.42. The maximum atomic E-state index is 12.1. The first-order chi connectivity index (χ1) is 9.93. The Labute approximate surface area is 124 Å². The zero-order valence-electron chi connectivity index (χ0n) is 12.6. The molecular weight excluding hydrogens is 276 g/mol. The van der Waals surface area contributed by atoms with E-state index in [1.807, 2.05) is 0 Å². The van der Waals surface area contributed by atoms with Gasteiger partial charge in [-0.05, 0) is 39.0 Å². The van der Waals surface area contributed by atoms with Crippen LogP contribution in [-0.4, -0.2) is 53.7 Å². The molecule has 1 aliphatic rings. The van der Waals surface area contributed by atoms with Crippen LogP contribution in [0.25, 0.3) is 0 Å². The quantitative estimate of drug-likeness (QED) is 0.719. The van der Waals surface area contributed by atoms with Crippen molar-refractivity contribution in [2.45, 2.75) is 45.6 Å². The van der Waals surface area contributed by atoms with Crippen LogP contribution in [0.15, 0.2) is 0 Å². The van der Waals surface area contributed by atoms with Gasteiger partial charge in [0.15, 0.2) is 0 Å². The molecule has 2 atom stereocenters. The summed E-state index contributed by atoms with van der Waals surface area (Å²) in [5.74, 6) is -1.06. The van der Waals surface area contributed by atoms with Crippen molar-refractivity contribution in [3.05, 3.63) is 0 Å². The summed E-state index contributed by atoms with van der Waals surface area (Å²) in [6, 6.07) is -0.979. The Hall–Kier alpha value is -1.79. The van der Waals surface area contributed by atoms with Gasteiger partial charge >= 0.3 is 18.0 Å². The van der Waals surface area contributed by atoms with Crippen molar-refractivity contribution in [2.24, 2.45) is 5.92 Å². The molecule has 1 rings (SSSR count). The first-order valence-electron chi connectivity index (χ1n) is 7.37. The monoisotopic (exact) mass is 300 g/mol. The van der Waals surface area contributed by atoms with Gasteiger partial charge in [-0.2, -0.15) is 0 Å². The normalized spacial score (nSPS) is 19.7. The number of ether oxygens (including phenoxy) is 1. The van der Waals surface area contributed by atoms with Crippen molar-refractivity contribution in [3.63, 3.8) is 0 Å². The molecule has 7 nitrogen and oxygen atoms in total. The molecule has 2 amide bonds. The Morgan fingerprint density at radius 3 is 2.76 bits per heavy atom. The molecule has 0 aromatic heterocycles. The highest BCUT2D eigenvalue weighted by Gasteiger charge is 2.26. The summed E-state index contributed by atoms with van der Waals surface area (Å²) in [6.07, 6.45) is 2.49. The van der Waals surface area contributed by atoms with E-state index in [0.29, 0.717) is 19.5 Å². The van der Waals surface area contributed by atoms with Crippen molar-refractivity contribution in [1.29, 1.82) is 0 Å². The smallest absolute Gasteiger partial charge is 0.328 e. The van der Waals surface area contributed by atoms with Crippen LogP contribution in [0.4, 0.5) is 4.79 Å². The molecule has 0 bridgehead atoms. The Kier molecular flexibility index (Phi) is 6.98. The number of nitrogens with one attached hydrogen (secondary N) is 1. The number of likely N-dealkylation sites (tertiary alicyclic amines) is 1. The van der Waals surface area contributed by atoms with E-state index >= 15 is 0 Å². The molecule has 1 heterocycles. The van der Waals surface area contributed by atoms with Crippen LogP contribution in [0.3, 0.4) is 0 Å². The van der Waals surface area contributed by atoms with Crippen LogP contribution in [0.5, 0.6) is 0 Å². The minimum absolute atomic E-state index is 0.124. The number of urea groups is 1. The van der Waals surface area contributed by atoms with Gasteiger partial charge in [-0.15, -0.1) is 0 Å². The van der Waals surface area contributed by atoms with Gasteiger partial charge in [-0.3, -0.25) is 4.79 Å². The highest BCUT2D eigenvalue weighted by Crippen LogP contribution is 2.21. The molecular formula is C14H24N2O5. The summed E-state index contributed by atoms with van der Waals surface area (Å²) in [5.41, 5.74) is 0. The molecule has 120 valence electrons. The van der Waals surface area contributed by atoms with Crippen molar-refractivity contribution < 1.29 is 24.2 Å². The molecule has 21 heavy (non-hydrogen) atoms. The van der Waals surface area contributed by atoms with E-state index in [0.717, 1.165) is 12.8 Å². The number of carboxylic acid groups (broad SMARTS) is 1. The molecule has 1 aliphatic heterocycles. The lowest BCUT2D eigenvalue weighted by Crippen LogP contribution is -2.50. The fourth-order valence-corrected chi connectivity index (χ4v) is 2.42. The van der Waals surface area contributed by atoms with Crippen molar-refractivity contribution in [3.8, 4) is 0 Å². The molecule has 0 spiro atoms. The maximum absolute atomic E-state index is 12.1. The highest BCUT2D eigenvalue weighted by molar-refractivity contribution is 5.83. The molecule has 0 radical (unpaired) electrons. The van der Waals surface area contributed by atoms with Crippen molar-refractivity contribution >= 4 is 18.0 Å². The van der Waals surface area contributed by atoms with E-state index < -0.39 is 18.0 Å². The van der Waals surface area contributed by atoms with E-state index in [1.165, 1.54) is 0 Å². The molecule has 0 aromatic carbocycles. The van der Waals surface area contributed by atoms with Gasteiger partial charge < -0.3 is 20.1 Å². The predicted octanol–water partition coefficient (Wildman–Crippen LogP) is 1.22. The summed E-state index contributed by atoms with van der Waals surface area (Å²) < 4.78 is 4.84. The number of amides is 2. The second kappa shape index (κ2) is 8.49. The molecule has 1 fully saturated rings. The topological polar surface area (TPSA) is 95.9 Å². The van der Waals surface area contributed by atoms with Gasteiger partial charge in [0, 0.05) is 19.5 Å². The third-order valence-electron chi connectivity index (χ3n) is 3.55. The second-order valence-corrected chi connectivity index (χ2v) is 5.31. The lowest BCUT2D eigenvalue weighted by molar-refractivity contribution is -0.145. The molecule has 2 N–H and O–H groups in total. The van der Waals surface area contributed by atoms with E-state index in [4.69, 9.17) is 9.84 Å². The Morgan fingerprint density at radius 1 is 1.43 bits per heavy atom. The van der Waals surface area contributed by atoms with E-state index in [2.05, 4.69) is 5.32 Å². The molecule has 0 saturated carbocycles. The number of piperidine rings is 1. The molecule has 0 aliphatic carbocycles. The number of carbonyl (C=O) groups excluding carboxylic acids is 2. The maximum Gasteiger partial charge on any atom is 0.328 e. The number of nitrogens with zero attached hydrogens (tertiary/aromatic N) is 1. The SMILES string of the molecule is CCOC(=O)C(C)NC(=O)N1CCCC(CCC(=O)O)C1. The molecule has 2 unspecified atom stereocenters. The van der Waals surface area contributed by atoms with Crippen LogP contribution < -0.4 is 5.32 Å². The Bertz CT molecular complexity index is 386. The van der Waals surface area contributed by atoms with Gasteiger partial charge in [0.2, 0.25) is 0 Å². The average Bonchev–Trinajstić information content (AvgIpc) is 2.45. The van der Waals surface area contributed by atoms with Crippen molar-refractivity contribution in [2.75, 3.05) is 19.7 Å². The second-order valence-electron chi connectivity index (χ2n) is 5.31. The first-order valence-corrected chi connectivity index (χ1v) is 7.37. The number of carbonyl (C=O) groups is 3. The van der Waals surface area contributed by atoms with Gasteiger partial charge in [0.25, 0.3) is 0 Å². The van der Waals surface area contributed by atoms with Crippen LogP contribution >= 0.6 is 0 Å². The highest BCUT2D eigenvalue weighted by atomic mass is 16.5. The zero-order valence-corrected chi connectivity index (χ0v) is 12.6. The van der Waals surface area contributed by atoms with Gasteiger partial charge in [-0.1, -0.05) is 0 Å². The fourth-order valence-electron chi connectivity index (χ4n) is 2.42. The van der Waals surface area contributed by atoms with E-state index in [9.17, 15) is 14.4 Å². The van der Waals surface area contributed by atoms with Crippen LogP contribution in [-0.2, 0) is 14.3 Å². The van der Waals surface area contributed by atoms with Gasteiger partial charge in [-0.25, -0.2) is 9.59 Å². The molecule has 7 heteroatoms. The lowest BCUT2D eigenvalue weighted by Gasteiger charge is -2.33. The number of hydrogen-bond donors (Lipinski definition) is 2. The van der Waals surface area contributed by atoms with Crippen LogP contribution in [0.1, 0.15) is 39.5 Å². The minimum atomic E-state index is -0.812. The van der Waals surface area contributed by atoms with E-state index in [1.54, 1.807) is 18.7 Å². The number of hydrogen-bond acceptors (Lipinski definition) is 4. The molecule has 1 saturated heterocycles. The van der Waals surface area contributed by atoms with Gasteiger partial charge in [0.05, 0.1) is 6.61 Å². The third kappa shape index (κ3) is 6.01. The first kappa shape index (κ1) is 17.3. The number of rotatable bonds is 6. The van der Waals surface area contributed by atoms with Crippen LogP contribution in [0, 0.1) is 5.92 Å². The van der Waals surface area contributed by atoms with E-state index in [-0.39, 0.29) is 25.0 Å². The number of carboxylic acids is 1. The molecule has 0 aromatic rings. The number of aliphatic carboxylic acids is 1. The minimum Gasteiger partial charge on any atom is -0.481 e. The fraction of sp³-hybridized carbons (Fsp3) is 0.786. The zero-order chi connectivity index (χ0) is 15.8. The summed E-state index contributed by atoms with van der Waals surface area (Å²) >= 11 is 0. The lowest BCUT2D eigenvalue weighted by atomic mass is 9.93. The summed E-state index contributed by atoms with van der Waals surface area (Å²) in [5, 5.41) is 11.3. The predicted molar refractivity (Wildman–Crippen MR) is 75.8 cm³/mol. The standard InChI is InChI=1S/C14H24N2O5/c1-3-21-13(19)10(2)15-14(20)16-8-4-5-11(9-16)6-7-12(17)18/h10-11H,3-9H2,1-2H3,(H,15,20)(H,17,18). The number of esters is 1. The van der Waals surface area contributed by atoms with Crippen molar-refractivity contribution in [1.82, 2.24) is 10.2 Å². The van der Waals surface area contributed by atoms with Crippen LogP contribution in [0.2, 0.25) is 0 Å². The Morgan fingerprint density at radius 2 is 2.14 bits per heavy atom.